The molecule has 0 saturated carbocycles. The zero-order valence-corrected chi connectivity index (χ0v) is 12.2. The van der Waals surface area contributed by atoms with Gasteiger partial charge in [-0.05, 0) is 31.9 Å². The van der Waals surface area contributed by atoms with Crippen LogP contribution in [0.5, 0.6) is 0 Å². The maximum Gasteiger partial charge on any atom is 0.298 e. The number of ether oxygens (including phenoxy) is 2. The highest BCUT2D eigenvalue weighted by Gasteiger charge is 2.42. The van der Waals surface area contributed by atoms with Crippen molar-refractivity contribution in [1.29, 1.82) is 0 Å². The Balaban J connectivity index is 1.64. The molecule has 2 aliphatic heterocycles. The van der Waals surface area contributed by atoms with Crippen molar-refractivity contribution in [3.63, 3.8) is 0 Å². The smallest absolute Gasteiger partial charge is 0.298 e. The monoisotopic (exact) mass is 288 g/mol. The zero-order chi connectivity index (χ0) is 14.3. The summed E-state index contributed by atoms with van der Waals surface area (Å²) in [4.78, 5) is 6.81. The van der Waals surface area contributed by atoms with E-state index in [0.29, 0.717) is 12.6 Å². The third-order valence-corrected chi connectivity index (χ3v) is 4.25. The van der Waals surface area contributed by atoms with Gasteiger partial charge in [-0.1, -0.05) is 12.1 Å². The van der Waals surface area contributed by atoms with Gasteiger partial charge in [0.15, 0.2) is 5.58 Å². The van der Waals surface area contributed by atoms with E-state index in [9.17, 15) is 0 Å². The molecule has 4 rings (SSSR count). The van der Waals surface area contributed by atoms with Crippen molar-refractivity contribution >= 4 is 17.1 Å². The van der Waals surface area contributed by atoms with Crippen LogP contribution in [0.3, 0.4) is 0 Å². The van der Waals surface area contributed by atoms with Crippen molar-refractivity contribution in [3.05, 3.63) is 24.3 Å². The van der Waals surface area contributed by atoms with Gasteiger partial charge in [0.05, 0.1) is 19.3 Å². The first kappa shape index (κ1) is 13.1. The van der Waals surface area contributed by atoms with Crippen LogP contribution in [0.1, 0.15) is 19.8 Å². The van der Waals surface area contributed by atoms with Crippen LogP contribution in [0.4, 0.5) is 6.01 Å². The Morgan fingerprint density at radius 2 is 2.24 bits per heavy atom. The molecule has 2 aliphatic rings. The fourth-order valence-electron chi connectivity index (χ4n) is 3.41. The Morgan fingerprint density at radius 3 is 3.05 bits per heavy atom. The predicted molar refractivity (Wildman–Crippen MR) is 79.6 cm³/mol. The number of hydrogen-bond donors (Lipinski definition) is 0. The van der Waals surface area contributed by atoms with Gasteiger partial charge in [-0.2, -0.15) is 4.98 Å². The average Bonchev–Trinajstić information content (AvgIpc) is 2.91. The minimum Gasteiger partial charge on any atom is -0.423 e. The zero-order valence-electron chi connectivity index (χ0n) is 12.2. The molecule has 1 aromatic heterocycles. The summed E-state index contributed by atoms with van der Waals surface area (Å²) in [6.45, 7) is 5.18. The standard InChI is InChI=1S/C16H20N2O3/c1-12-9-18(10-16(21-12)7-4-8-19-11-16)15-17-13-5-2-3-6-14(13)20-15/h2-3,5-6,12H,4,7-11H2,1H3/t12-,16-/m1/s1. The van der Waals surface area contributed by atoms with Gasteiger partial charge in [0.1, 0.15) is 11.1 Å². The molecule has 0 aliphatic carbocycles. The Morgan fingerprint density at radius 1 is 1.33 bits per heavy atom. The molecular weight excluding hydrogens is 268 g/mol. The van der Waals surface area contributed by atoms with Gasteiger partial charge in [0, 0.05) is 13.2 Å². The number of para-hydroxylation sites is 2. The predicted octanol–water partition coefficient (Wildman–Crippen LogP) is 2.60. The first-order valence-corrected chi connectivity index (χ1v) is 7.60. The van der Waals surface area contributed by atoms with E-state index in [1.165, 1.54) is 0 Å². The molecule has 21 heavy (non-hydrogen) atoms. The number of benzene rings is 1. The van der Waals surface area contributed by atoms with Crippen LogP contribution in [-0.2, 0) is 9.47 Å². The minimum absolute atomic E-state index is 0.149. The van der Waals surface area contributed by atoms with Gasteiger partial charge in [0.2, 0.25) is 0 Å². The van der Waals surface area contributed by atoms with E-state index in [-0.39, 0.29) is 11.7 Å². The number of aromatic nitrogens is 1. The summed E-state index contributed by atoms with van der Waals surface area (Å²) >= 11 is 0. The van der Waals surface area contributed by atoms with E-state index in [1.807, 2.05) is 24.3 Å². The lowest BCUT2D eigenvalue weighted by atomic mass is 9.93. The van der Waals surface area contributed by atoms with Crippen LogP contribution in [0.25, 0.3) is 11.1 Å². The number of fused-ring (bicyclic) bond motifs is 1. The molecule has 2 aromatic rings. The van der Waals surface area contributed by atoms with Gasteiger partial charge >= 0.3 is 0 Å². The van der Waals surface area contributed by atoms with Gasteiger partial charge in [-0.3, -0.25) is 0 Å². The summed E-state index contributed by atoms with van der Waals surface area (Å²) in [5.41, 5.74) is 1.53. The van der Waals surface area contributed by atoms with Crippen LogP contribution in [0.15, 0.2) is 28.7 Å². The molecule has 3 heterocycles. The van der Waals surface area contributed by atoms with E-state index in [1.54, 1.807) is 0 Å². The topological polar surface area (TPSA) is 47.7 Å². The van der Waals surface area contributed by atoms with E-state index in [2.05, 4.69) is 16.8 Å². The average molecular weight is 288 g/mol. The Kier molecular flexibility index (Phi) is 3.12. The fourth-order valence-corrected chi connectivity index (χ4v) is 3.41. The summed E-state index contributed by atoms with van der Waals surface area (Å²) in [5, 5.41) is 0. The summed E-state index contributed by atoms with van der Waals surface area (Å²) < 4.78 is 17.8. The summed E-state index contributed by atoms with van der Waals surface area (Å²) in [6.07, 6.45) is 2.23. The quantitative estimate of drug-likeness (QED) is 0.807. The van der Waals surface area contributed by atoms with Crippen molar-refractivity contribution in [1.82, 2.24) is 4.98 Å². The van der Waals surface area contributed by atoms with E-state index >= 15 is 0 Å². The van der Waals surface area contributed by atoms with E-state index in [4.69, 9.17) is 13.9 Å². The molecular formula is C16H20N2O3. The van der Waals surface area contributed by atoms with Gasteiger partial charge in [-0.15, -0.1) is 0 Å². The third-order valence-electron chi connectivity index (χ3n) is 4.25. The second-order valence-electron chi connectivity index (χ2n) is 6.11. The van der Waals surface area contributed by atoms with Crippen LogP contribution in [-0.4, -0.2) is 43.0 Å². The summed E-state index contributed by atoms with van der Waals surface area (Å²) in [5.74, 6) is 0. The molecule has 0 unspecified atom stereocenters. The fraction of sp³-hybridized carbons (Fsp3) is 0.562. The third kappa shape index (κ3) is 2.40. The van der Waals surface area contributed by atoms with Crippen molar-refractivity contribution in [2.75, 3.05) is 31.2 Å². The lowest BCUT2D eigenvalue weighted by molar-refractivity contribution is -0.161. The van der Waals surface area contributed by atoms with Crippen LogP contribution >= 0.6 is 0 Å². The molecule has 0 N–H and O–H groups in total. The van der Waals surface area contributed by atoms with Crippen molar-refractivity contribution in [3.8, 4) is 0 Å². The lowest BCUT2D eigenvalue weighted by Gasteiger charge is -2.46. The first-order chi connectivity index (χ1) is 10.2. The molecule has 2 saturated heterocycles. The van der Waals surface area contributed by atoms with Gasteiger partial charge in [0.25, 0.3) is 6.01 Å². The summed E-state index contributed by atoms with van der Waals surface area (Å²) in [6, 6.07) is 8.57. The molecule has 112 valence electrons. The lowest BCUT2D eigenvalue weighted by Crippen LogP contribution is -2.58. The number of nitrogens with zero attached hydrogens (tertiary/aromatic N) is 2. The highest BCUT2D eigenvalue weighted by atomic mass is 16.6. The Bertz CT molecular complexity index is 600. The molecule has 1 aromatic carbocycles. The van der Waals surface area contributed by atoms with Crippen molar-refractivity contribution in [2.24, 2.45) is 0 Å². The van der Waals surface area contributed by atoms with Crippen LogP contribution < -0.4 is 4.90 Å². The maximum absolute atomic E-state index is 6.20. The number of anilines is 1. The SMILES string of the molecule is C[C@@H]1CN(c2nc3ccccc3o2)C[C@@]2(CCCOC2)O1. The highest BCUT2D eigenvalue weighted by molar-refractivity contribution is 5.74. The Hall–Kier alpha value is -1.59. The van der Waals surface area contributed by atoms with E-state index < -0.39 is 0 Å². The number of oxazole rings is 1. The largest absolute Gasteiger partial charge is 0.423 e. The Labute approximate surface area is 123 Å². The molecule has 5 heteroatoms. The second-order valence-corrected chi connectivity index (χ2v) is 6.11. The van der Waals surface area contributed by atoms with Crippen molar-refractivity contribution in [2.45, 2.75) is 31.5 Å². The number of morpholine rings is 1. The molecule has 0 bridgehead atoms. The molecule has 2 atom stereocenters. The first-order valence-electron chi connectivity index (χ1n) is 7.60. The second kappa shape index (κ2) is 5.00. The molecule has 5 nitrogen and oxygen atoms in total. The number of hydrogen-bond acceptors (Lipinski definition) is 5. The molecule has 0 radical (unpaired) electrons. The highest BCUT2D eigenvalue weighted by Crippen LogP contribution is 2.33. The van der Waals surface area contributed by atoms with E-state index in [0.717, 1.165) is 43.6 Å². The van der Waals surface area contributed by atoms with Gasteiger partial charge in [-0.25, -0.2) is 0 Å². The van der Waals surface area contributed by atoms with Crippen LogP contribution in [0.2, 0.25) is 0 Å². The van der Waals surface area contributed by atoms with Gasteiger partial charge < -0.3 is 18.8 Å². The van der Waals surface area contributed by atoms with Crippen LogP contribution in [0, 0.1) is 0 Å². The molecule has 0 amide bonds. The summed E-state index contributed by atoms with van der Waals surface area (Å²) in [7, 11) is 0. The molecule has 1 spiro atoms. The number of rotatable bonds is 1. The normalized spacial score (nSPS) is 30.1. The van der Waals surface area contributed by atoms with Crippen molar-refractivity contribution < 1.29 is 13.9 Å². The maximum atomic E-state index is 6.20. The molecule has 2 fully saturated rings. The minimum atomic E-state index is -0.212.